The Labute approximate surface area is 119 Å². The number of hydrogen-bond acceptors (Lipinski definition) is 6. The molecule has 1 aliphatic rings. The van der Waals surface area contributed by atoms with E-state index in [0.717, 1.165) is 0 Å². The molecule has 0 saturated carbocycles. The van der Waals surface area contributed by atoms with Gasteiger partial charge in [0.05, 0.1) is 19.4 Å². The van der Waals surface area contributed by atoms with Crippen molar-refractivity contribution in [3.05, 3.63) is 29.0 Å². The van der Waals surface area contributed by atoms with Gasteiger partial charge in [-0.05, 0) is 22.6 Å². The predicted molar refractivity (Wildman–Crippen MR) is 71.5 cm³/mol. The molecule has 1 aromatic carbocycles. The van der Waals surface area contributed by atoms with Crippen LogP contribution in [0.1, 0.15) is 5.56 Å². The fourth-order valence-corrected chi connectivity index (χ4v) is 1.97. The maximum atomic E-state index is 11.8. The summed E-state index contributed by atoms with van der Waals surface area (Å²) in [5.41, 5.74) is 3.85. The summed E-state index contributed by atoms with van der Waals surface area (Å²) < 4.78 is 9.63. The summed E-state index contributed by atoms with van der Waals surface area (Å²) in [6, 6.07) is 4.65. The lowest BCUT2D eigenvalue weighted by Crippen LogP contribution is -2.44. The molecule has 1 fully saturated rings. The molecule has 110 valence electrons. The van der Waals surface area contributed by atoms with Gasteiger partial charge in [0.2, 0.25) is 11.0 Å². The lowest BCUT2D eigenvalue weighted by atomic mass is 10.2. The van der Waals surface area contributed by atoms with Crippen LogP contribution in [0.25, 0.3) is 11.0 Å². The van der Waals surface area contributed by atoms with E-state index in [-0.39, 0.29) is 6.03 Å². The van der Waals surface area contributed by atoms with E-state index in [1.165, 1.54) is 6.21 Å². The van der Waals surface area contributed by atoms with E-state index in [9.17, 15) is 10.0 Å². The van der Waals surface area contributed by atoms with Gasteiger partial charge in [0.25, 0.3) is 0 Å². The third kappa shape index (κ3) is 2.92. The van der Waals surface area contributed by atoms with Crippen LogP contribution in [0.4, 0.5) is 4.79 Å². The van der Waals surface area contributed by atoms with Crippen LogP contribution in [0.2, 0.25) is 0 Å². The number of amides is 2. The van der Waals surface area contributed by atoms with Crippen LogP contribution in [-0.2, 0) is 4.74 Å². The zero-order chi connectivity index (χ0) is 14.7. The normalized spacial score (nSPS) is 15.7. The number of rotatable bonds is 2. The molecule has 0 bridgehead atoms. The number of nitrogens with zero attached hydrogens (tertiary/aromatic N) is 4. The average molecular weight is 291 g/mol. The fourth-order valence-electron chi connectivity index (χ4n) is 1.97. The zero-order valence-electron chi connectivity index (χ0n) is 11.1. The van der Waals surface area contributed by atoms with Gasteiger partial charge < -0.3 is 14.8 Å². The Bertz CT molecular complexity index is 677. The Morgan fingerprint density at radius 1 is 1.48 bits per heavy atom. The first-order valence-corrected chi connectivity index (χ1v) is 6.39. The van der Waals surface area contributed by atoms with E-state index in [1.54, 1.807) is 23.1 Å². The van der Waals surface area contributed by atoms with Crippen LogP contribution < -0.4 is 10.3 Å². The molecule has 0 spiro atoms. The molecule has 0 radical (unpaired) electrons. The van der Waals surface area contributed by atoms with Crippen molar-refractivity contribution in [3.8, 4) is 0 Å². The number of nitrogens with one attached hydrogen (secondary N) is 1. The van der Waals surface area contributed by atoms with Gasteiger partial charge in [-0.3, -0.25) is 4.63 Å². The van der Waals surface area contributed by atoms with Gasteiger partial charge in [0.1, 0.15) is 0 Å². The molecule has 2 amide bonds. The second-order valence-corrected chi connectivity index (χ2v) is 4.45. The minimum Gasteiger partial charge on any atom is -0.378 e. The maximum absolute atomic E-state index is 11.8. The molecule has 1 aromatic heterocycles. The molecule has 2 heterocycles. The first-order valence-electron chi connectivity index (χ1n) is 6.39. The highest BCUT2D eigenvalue weighted by Crippen LogP contribution is 2.08. The average Bonchev–Trinajstić information content (AvgIpc) is 2.89. The molecule has 21 heavy (non-hydrogen) atoms. The molecule has 0 unspecified atom stereocenters. The summed E-state index contributed by atoms with van der Waals surface area (Å²) in [6.07, 6.45) is 1.45. The molecule has 9 heteroatoms. The molecule has 1 saturated heterocycles. The predicted octanol–water partition coefficient (Wildman–Crippen LogP) is -0.163. The fraction of sp³-hybridized carbons (Fsp3) is 0.333. The Morgan fingerprint density at radius 3 is 3.10 bits per heavy atom. The second-order valence-electron chi connectivity index (χ2n) is 4.45. The van der Waals surface area contributed by atoms with Crippen molar-refractivity contribution in [2.24, 2.45) is 5.10 Å². The maximum Gasteiger partial charge on any atom is 0.337 e. The van der Waals surface area contributed by atoms with Gasteiger partial charge in [-0.2, -0.15) is 5.10 Å². The molecular weight excluding hydrogens is 278 g/mol. The smallest absolute Gasteiger partial charge is 0.337 e. The summed E-state index contributed by atoms with van der Waals surface area (Å²) in [6.45, 7) is 2.16. The highest BCUT2D eigenvalue weighted by molar-refractivity contribution is 5.86. The first-order chi connectivity index (χ1) is 10.2. The molecule has 0 atom stereocenters. The van der Waals surface area contributed by atoms with Gasteiger partial charge in [0, 0.05) is 24.3 Å². The molecule has 9 nitrogen and oxygen atoms in total. The minimum absolute atomic E-state index is 0.278. The first kappa shape index (κ1) is 13.3. The summed E-state index contributed by atoms with van der Waals surface area (Å²) in [5.74, 6) is 0. The van der Waals surface area contributed by atoms with Gasteiger partial charge in [-0.25, -0.2) is 10.2 Å². The summed E-state index contributed by atoms with van der Waals surface area (Å²) in [7, 11) is 0. The molecule has 1 N–H and O–H groups in total. The number of fused-ring (bicyclic) bond motifs is 1. The summed E-state index contributed by atoms with van der Waals surface area (Å²) >= 11 is 0. The largest absolute Gasteiger partial charge is 0.378 e. The van der Waals surface area contributed by atoms with Crippen molar-refractivity contribution >= 4 is 23.3 Å². The molecule has 2 aromatic rings. The number of hydrazone groups is 1. The number of carbonyl (C=O) groups is 1. The number of hydrogen-bond donors (Lipinski definition) is 1. The highest BCUT2D eigenvalue weighted by atomic mass is 16.8. The van der Waals surface area contributed by atoms with Crippen LogP contribution in [0.5, 0.6) is 0 Å². The van der Waals surface area contributed by atoms with Gasteiger partial charge in [0.15, 0.2) is 0 Å². The van der Waals surface area contributed by atoms with Crippen molar-refractivity contribution < 1.29 is 19.1 Å². The monoisotopic (exact) mass is 291 g/mol. The number of benzene rings is 1. The topological polar surface area (TPSA) is 107 Å². The van der Waals surface area contributed by atoms with Crippen LogP contribution in [-0.4, -0.2) is 48.6 Å². The molecule has 1 aliphatic heterocycles. The summed E-state index contributed by atoms with van der Waals surface area (Å²) in [4.78, 5) is 13.7. The van der Waals surface area contributed by atoms with Crippen LogP contribution in [0, 0.1) is 5.21 Å². The van der Waals surface area contributed by atoms with E-state index in [2.05, 4.69) is 20.3 Å². The van der Waals surface area contributed by atoms with E-state index in [1.807, 2.05) is 0 Å². The van der Waals surface area contributed by atoms with E-state index >= 15 is 0 Å². The Balaban J connectivity index is 1.64. The number of carbonyl (C=O) groups excluding carboxylic acids is 1. The third-order valence-corrected chi connectivity index (χ3v) is 3.08. The van der Waals surface area contributed by atoms with Gasteiger partial charge in [-0.1, -0.05) is 0 Å². The number of ether oxygens (including phenoxy) is 1. The molecule has 3 rings (SSSR count). The lowest BCUT2D eigenvalue weighted by molar-refractivity contribution is -0.782. The van der Waals surface area contributed by atoms with Crippen LogP contribution in [0.15, 0.2) is 27.9 Å². The van der Waals surface area contributed by atoms with E-state index < -0.39 is 0 Å². The Morgan fingerprint density at radius 2 is 2.29 bits per heavy atom. The second kappa shape index (κ2) is 5.75. The zero-order valence-corrected chi connectivity index (χ0v) is 11.1. The molecular formula is C12H13N5O4. The third-order valence-electron chi connectivity index (χ3n) is 3.08. The number of morpholine rings is 1. The van der Waals surface area contributed by atoms with Crippen molar-refractivity contribution in [1.82, 2.24) is 15.5 Å². The minimum atomic E-state index is -0.278. The molecule has 0 aliphatic carbocycles. The van der Waals surface area contributed by atoms with Gasteiger partial charge >= 0.3 is 6.03 Å². The lowest BCUT2D eigenvalue weighted by Gasteiger charge is -2.25. The van der Waals surface area contributed by atoms with Crippen LogP contribution >= 0.6 is 0 Å². The number of urea groups is 1. The Kier molecular flexibility index (Phi) is 3.65. The van der Waals surface area contributed by atoms with Gasteiger partial charge in [-0.15, -0.1) is 0 Å². The van der Waals surface area contributed by atoms with Crippen molar-refractivity contribution in [1.29, 1.82) is 0 Å². The quantitative estimate of drug-likeness (QED) is 0.470. The van der Waals surface area contributed by atoms with Crippen LogP contribution in [0.3, 0.4) is 0 Å². The highest BCUT2D eigenvalue weighted by Gasteiger charge is 2.15. The van der Waals surface area contributed by atoms with Crippen molar-refractivity contribution in [2.75, 3.05) is 26.3 Å². The van der Waals surface area contributed by atoms with Crippen molar-refractivity contribution in [2.45, 2.75) is 0 Å². The SMILES string of the molecule is O=C(N/N=C/c1ccc2no[n+]([O-])c2c1)N1CCOCC1. The summed E-state index contributed by atoms with van der Waals surface area (Å²) in [5, 5.41) is 18.7. The number of aromatic nitrogens is 2. The Hall–Kier alpha value is -2.68. The van der Waals surface area contributed by atoms with Crippen molar-refractivity contribution in [3.63, 3.8) is 0 Å². The van der Waals surface area contributed by atoms with E-state index in [0.29, 0.717) is 47.8 Å². The van der Waals surface area contributed by atoms with E-state index in [4.69, 9.17) is 4.74 Å². The standard InChI is InChI=1S/C12H13N5O4/c18-12(16-3-5-20-6-4-16)14-13-8-9-1-2-10-11(7-9)17(19)21-15-10/h1-2,7-8H,3-6H2,(H,14,18)/b13-8+.